The molecule has 0 spiro atoms. The van der Waals surface area contributed by atoms with Gasteiger partial charge < -0.3 is 9.15 Å². The fourth-order valence-corrected chi connectivity index (χ4v) is 2.27. The second-order valence-corrected chi connectivity index (χ2v) is 4.46. The van der Waals surface area contributed by atoms with Gasteiger partial charge in [0.25, 0.3) is 0 Å². The van der Waals surface area contributed by atoms with E-state index in [0.717, 1.165) is 22.3 Å². The smallest absolute Gasteiger partial charge is 0.145 e. The van der Waals surface area contributed by atoms with Crippen molar-refractivity contribution >= 4 is 11.0 Å². The van der Waals surface area contributed by atoms with Crippen LogP contribution in [0.25, 0.3) is 22.1 Å². The van der Waals surface area contributed by atoms with Gasteiger partial charge in [0.1, 0.15) is 17.1 Å². The second-order valence-electron chi connectivity index (χ2n) is 4.46. The molecule has 0 saturated carbocycles. The number of ether oxygens (including phenoxy) is 1. The molecule has 0 aliphatic rings. The molecule has 1 heterocycles. The quantitative estimate of drug-likeness (QED) is 0.670. The standard InChI is InChI=1S/C16H13FO2/c1-10-3-4-11(14(17)9-10)12-5-6-15(18-2)13-7-8-19-16(12)13/h3-9H,1-2H3. The highest BCUT2D eigenvalue weighted by molar-refractivity contribution is 5.96. The lowest BCUT2D eigenvalue weighted by Crippen LogP contribution is -1.88. The van der Waals surface area contributed by atoms with Crippen LogP contribution in [0.1, 0.15) is 5.56 Å². The summed E-state index contributed by atoms with van der Waals surface area (Å²) in [6, 6.07) is 10.6. The van der Waals surface area contributed by atoms with E-state index < -0.39 is 0 Å². The largest absolute Gasteiger partial charge is 0.496 e. The van der Waals surface area contributed by atoms with E-state index in [0.29, 0.717) is 11.1 Å². The Balaban J connectivity index is 2.28. The van der Waals surface area contributed by atoms with Gasteiger partial charge in [0.15, 0.2) is 0 Å². The van der Waals surface area contributed by atoms with Crippen molar-refractivity contribution in [3.63, 3.8) is 0 Å². The van der Waals surface area contributed by atoms with Crippen LogP contribution >= 0.6 is 0 Å². The van der Waals surface area contributed by atoms with Crippen LogP contribution in [0.5, 0.6) is 5.75 Å². The third-order valence-electron chi connectivity index (χ3n) is 3.21. The molecule has 19 heavy (non-hydrogen) atoms. The molecule has 0 aliphatic heterocycles. The zero-order chi connectivity index (χ0) is 13.4. The summed E-state index contributed by atoms with van der Waals surface area (Å²) in [5.74, 6) is 0.475. The Morgan fingerprint density at radius 1 is 1.05 bits per heavy atom. The Labute approximate surface area is 110 Å². The third-order valence-corrected chi connectivity index (χ3v) is 3.21. The van der Waals surface area contributed by atoms with Gasteiger partial charge in [0, 0.05) is 11.1 Å². The van der Waals surface area contributed by atoms with Gasteiger partial charge in [-0.25, -0.2) is 4.39 Å². The first-order chi connectivity index (χ1) is 9.20. The molecule has 0 atom stereocenters. The molecule has 3 heteroatoms. The van der Waals surface area contributed by atoms with E-state index in [-0.39, 0.29) is 5.82 Å². The van der Waals surface area contributed by atoms with E-state index in [1.165, 1.54) is 6.07 Å². The lowest BCUT2D eigenvalue weighted by atomic mass is 10.0. The van der Waals surface area contributed by atoms with E-state index in [1.807, 2.05) is 31.2 Å². The lowest BCUT2D eigenvalue weighted by Gasteiger charge is -2.08. The maximum absolute atomic E-state index is 14.1. The SMILES string of the molecule is COc1ccc(-c2ccc(C)cc2F)c2occc12. The molecule has 0 unspecified atom stereocenters. The molecule has 0 radical (unpaired) electrons. The van der Waals surface area contributed by atoms with Crippen molar-refractivity contribution in [2.75, 3.05) is 7.11 Å². The summed E-state index contributed by atoms with van der Waals surface area (Å²) in [6.45, 7) is 1.86. The first kappa shape index (κ1) is 11.8. The summed E-state index contributed by atoms with van der Waals surface area (Å²) in [6.07, 6.45) is 1.59. The predicted molar refractivity (Wildman–Crippen MR) is 72.9 cm³/mol. The van der Waals surface area contributed by atoms with Crippen LogP contribution < -0.4 is 4.74 Å². The van der Waals surface area contributed by atoms with Crippen LogP contribution in [0.3, 0.4) is 0 Å². The van der Waals surface area contributed by atoms with Crippen LogP contribution in [-0.4, -0.2) is 7.11 Å². The van der Waals surface area contributed by atoms with Gasteiger partial charge in [-0.15, -0.1) is 0 Å². The number of furan rings is 1. The minimum atomic E-state index is -0.247. The van der Waals surface area contributed by atoms with Crippen molar-refractivity contribution in [3.8, 4) is 16.9 Å². The number of methoxy groups -OCH3 is 1. The zero-order valence-corrected chi connectivity index (χ0v) is 10.7. The summed E-state index contributed by atoms with van der Waals surface area (Å²) < 4.78 is 24.8. The van der Waals surface area contributed by atoms with Crippen LogP contribution in [0.2, 0.25) is 0 Å². The van der Waals surface area contributed by atoms with E-state index in [4.69, 9.17) is 9.15 Å². The van der Waals surface area contributed by atoms with E-state index in [2.05, 4.69) is 0 Å². The number of hydrogen-bond acceptors (Lipinski definition) is 2. The predicted octanol–water partition coefficient (Wildman–Crippen LogP) is 4.56. The molecular weight excluding hydrogens is 243 g/mol. The average molecular weight is 256 g/mol. The monoisotopic (exact) mass is 256 g/mol. The fourth-order valence-electron chi connectivity index (χ4n) is 2.27. The second kappa shape index (κ2) is 4.43. The van der Waals surface area contributed by atoms with Crippen molar-refractivity contribution in [3.05, 3.63) is 54.0 Å². The minimum Gasteiger partial charge on any atom is -0.496 e. The third kappa shape index (κ3) is 1.87. The molecule has 0 saturated heterocycles. The van der Waals surface area contributed by atoms with E-state index >= 15 is 0 Å². The molecule has 0 N–H and O–H groups in total. The molecule has 3 aromatic rings. The number of aryl methyl sites for hydroxylation is 1. The Morgan fingerprint density at radius 3 is 2.58 bits per heavy atom. The van der Waals surface area contributed by atoms with Crippen molar-refractivity contribution in [2.45, 2.75) is 6.92 Å². The molecular formula is C16H13FO2. The molecule has 2 nitrogen and oxygen atoms in total. The maximum Gasteiger partial charge on any atom is 0.145 e. The van der Waals surface area contributed by atoms with Crippen LogP contribution in [0.15, 0.2) is 47.1 Å². The number of benzene rings is 2. The van der Waals surface area contributed by atoms with E-state index in [1.54, 1.807) is 19.4 Å². The zero-order valence-electron chi connectivity index (χ0n) is 10.7. The first-order valence-electron chi connectivity index (χ1n) is 6.01. The van der Waals surface area contributed by atoms with Gasteiger partial charge in [-0.2, -0.15) is 0 Å². The Kier molecular flexibility index (Phi) is 2.75. The molecule has 3 rings (SSSR count). The normalized spacial score (nSPS) is 10.9. The number of hydrogen-bond donors (Lipinski definition) is 0. The summed E-state index contributed by atoms with van der Waals surface area (Å²) in [4.78, 5) is 0. The van der Waals surface area contributed by atoms with Crippen molar-refractivity contribution in [1.82, 2.24) is 0 Å². The molecule has 2 aromatic carbocycles. The van der Waals surface area contributed by atoms with Gasteiger partial charge >= 0.3 is 0 Å². The van der Waals surface area contributed by atoms with Crippen molar-refractivity contribution in [1.29, 1.82) is 0 Å². The Bertz CT molecular complexity index is 744. The molecule has 1 aromatic heterocycles. The number of halogens is 1. The average Bonchev–Trinajstić information content (AvgIpc) is 2.87. The summed E-state index contributed by atoms with van der Waals surface area (Å²) in [7, 11) is 1.61. The molecule has 0 aliphatic carbocycles. The summed E-state index contributed by atoms with van der Waals surface area (Å²) >= 11 is 0. The molecule has 0 amide bonds. The Morgan fingerprint density at radius 2 is 1.84 bits per heavy atom. The minimum absolute atomic E-state index is 0.247. The van der Waals surface area contributed by atoms with Gasteiger partial charge in [-0.1, -0.05) is 12.1 Å². The van der Waals surface area contributed by atoms with E-state index in [9.17, 15) is 4.39 Å². The lowest BCUT2D eigenvalue weighted by molar-refractivity contribution is 0.419. The first-order valence-corrected chi connectivity index (χ1v) is 6.01. The number of fused-ring (bicyclic) bond motifs is 1. The highest BCUT2D eigenvalue weighted by Crippen LogP contribution is 2.36. The van der Waals surface area contributed by atoms with Gasteiger partial charge in [0.05, 0.1) is 18.8 Å². The maximum atomic E-state index is 14.1. The van der Waals surface area contributed by atoms with Gasteiger partial charge in [-0.05, 0) is 36.8 Å². The van der Waals surface area contributed by atoms with Gasteiger partial charge in [0.2, 0.25) is 0 Å². The fraction of sp³-hybridized carbons (Fsp3) is 0.125. The summed E-state index contributed by atoms with van der Waals surface area (Å²) in [5, 5.41) is 0.847. The van der Waals surface area contributed by atoms with Crippen molar-refractivity contribution in [2.24, 2.45) is 0 Å². The van der Waals surface area contributed by atoms with Crippen LogP contribution in [-0.2, 0) is 0 Å². The topological polar surface area (TPSA) is 22.4 Å². The molecule has 96 valence electrons. The summed E-state index contributed by atoms with van der Waals surface area (Å²) in [5.41, 5.74) is 2.80. The highest BCUT2D eigenvalue weighted by atomic mass is 19.1. The van der Waals surface area contributed by atoms with Crippen LogP contribution in [0.4, 0.5) is 4.39 Å². The highest BCUT2D eigenvalue weighted by Gasteiger charge is 2.14. The number of rotatable bonds is 2. The van der Waals surface area contributed by atoms with Gasteiger partial charge in [-0.3, -0.25) is 0 Å². The Hall–Kier alpha value is -2.29. The molecule has 0 fully saturated rings. The van der Waals surface area contributed by atoms with Crippen molar-refractivity contribution < 1.29 is 13.5 Å². The molecule has 0 bridgehead atoms. The van der Waals surface area contributed by atoms with Crippen LogP contribution in [0, 0.1) is 12.7 Å².